The molecule has 0 spiro atoms. The van der Waals surface area contributed by atoms with E-state index in [-0.39, 0.29) is 10.0 Å². The fourth-order valence-corrected chi connectivity index (χ4v) is 1.26. The first-order valence-corrected chi connectivity index (χ1v) is 5.35. The molecule has 92 valence electrons. The Kier molecular flexibility index (Phi) is 4.59. The summed E-state index contributed by atoms with van der Waals surface area (Å²) in [5.74, 6) is -2.69. The summed E-state index contributed by atoms with van der Waals surface area (Å²) in [5.41, 5.74) is 0.0447. The molecule has 3 N–H and O–H groups in total. The Bertz CT molecular complexity index is 452. The Morgan fingerprint density at radius 3 is 2.65 bits per heavy atom. The summed E-state index contributed by atoms with van der Waals surface area (Å²) >= 11 is 2.94. The van der Waals surface area contributed by atoms with Crippen LogP contribution in [0.5, 0.6) is 0 Å². The molecule has 5 nitrogen and oxygen atoms in total. The number of rotatable bonds is 4. The van der Waals surface area contributed by atoms with Crippen LogP contribution >= 0.6 is 15.9 Å². The van der Waals surface area contributed by atoms with E-state index in [1.54, 1.807) is 0 Å². The lowest BCUT2D eigenvalue weighted by Gasteiger charge is -2.08. The average molecular weight is 306 g/mol. The van der Waals surface area contributed by atoms with Crippen molar-refractivity contribution in [3.63, 3.8) is 0 Å². The Labute approximate surface area is 104 Å². The number of aliphatic carboxylic acids is 1. The molecule has 1 atom stereocenters. The lowest BCUT2D eigenvalue weighted by atomic mass is 10.2. The molecular weight excluding hydrogens is 297 g/mol. The maximum absolute atomic E-state index is 13.1. The van der Waals surface area contributed by atoms with Crippen molar-refractivity contribution in [1.29, 1.82) is 0 Å². The van der Waals surface area contributed by atoms with Crippen LogP contribution in [0.15, 0.2) is 22.7 Å². The van der Waals surface area contributed by atoms with Crippen molar-refractivity contribution in [2.75, 3.05) is 6.54 Å². The van der Waals surface area contributed by atoms with Crippen LogP contribution in [0.2, 0.25) is 0 Å². The summed E-state index contributed by atoms with van der Waals surface area (Å²) in [6.45, 7) is -0.439. The van der Waals surface area contributed by atoms with Crippen LogP contribution in [0.4, 0.5) is 4.39 Å². The maximum atomic E-state index is 13.1. The van der Waals surface area contributed by atoms with Crippen molar-refractivity contribution in [2.45, 2.75) is 6.10 Å². The number of benzene rings is 1. The highest BCUT2D eigenvalue weighted by Crippen LogP contribution is 2.16. The van der Waals surface area contributed by atoms with Gasteiger partial charge in [-0.3, -0.25) is 4.79 Å². The number of carboxylic acid groups (broad SMARTS) is 1. The van der Waals surface area contributed by atoms with Crippen molar-refractivity contribution in [1.82, 2.24) is 5.32 Å². The molecule has 0 radical (unpaired) electrons. The Hall–Kier alpha value is -1.47. The number of aliphatic hydroxyl groups excluding tert-OH is 1. The Balaban J connectivity index is 2.64. The third kappa shape index (κ3) is 3.79. The van der Waals surface area contributed by atoms with E-state index in [0.29, 0.717) is 0 Å². The summed E-state index contributed by atoms with van der Waals surface area (Å²) in [5, 5.41) is 19.5. The maximum Gasteiger partial charge on any atom is 0.334 e. The molecular formula is C10H9BrFNO4. The van der Waals surface area contributed by atoms with E-state index in [4.69, 9.17) is 10.2 Å². The molecule has 0 saturated heterocycles. The van der Waals surface area contributed by atoms with Gasteiger partial charge in [-0.15, -0.1) is 0 Å². The van der Waals surface area contributed by atoms with Gasteiger partial charge < -0.3 is 15.5 Å². The van der Waals surface area contributed by atoms with E-state index in [9.17, 15) is 14.0 Å². The van der Waals surface area contributed by atoms with Gasteiger partial charge in [0.2, 0.25) is 0 Å². The lowest BCUT2D eigenvalue weighted by molar-refractivity contribution is -0.146. The summed E-state index contributed by atoms with van der Waals surface area (Å²) in [4.78, 5) is 21.7. The third-order valence-corrected chi connectivity index (χ3v) is 2.57. The van der Waals surface area contributed by atoms with Gasteiger partial charge in [-0.1, -0.05) is 0 Å². The lowest BCUT2D eigenvalue weighted by Crippen LogP contribution is -2.36. The zero-order valence-corrected chi connectivity index (χ0v) is 10.1. The monoisotopic (exact) mass is 305 g/mol. The minimum absolute atomic E-state index is 0.0447. The Morgan fingerprint density at radius 2 is 2.12 bits per heavy atom. The molecule has 0 fully saturated rings. The number of amides is 1. The molecule has 0 aliphatic rings. The summed E-state index contributed by atoms with van der Waals surface area (Å²) in [7, 11) is 0. The fraction of sp³-hybridized carbons (Fsp3) is 0.200. The molecule has 0 saturated carbocycles. The van der Waals surface area contributed by atoms with Crippen molar-refractivity contribution < 1.29 is 24.2 Å². The molecule has 1 amide bonds. The standard InChI is InChI=1S/C10H9BrFNO4/c11-6-2-1-5(3-7(6)12)9(15)13-4-8(14)10(16)17/h1-3,8,14H,4H2,(H,13,15)(H,16,17)/t8-/m0/s1. The molecule has 17 heavy (non-hydrogen) atoms. The molecule has 0 heterocycles. The molecule has 1 aromatic carbocycles. The zero-order valence-electron chi connectivity index (χ0n) is 8.48. The highest BCUT2D eigenvalue weighted by Gasteiger charge is 2.15. The van der Waals surface area contributed by atoms with E-state index in [1.807, 2.05) is 0 Å². The number of carboxylic acids is 1. The van der Waals surface area contributed by atoms with Gasteiger partial charge in [0.15, 0.2) is 6.10 Å². The SMILES string of the molecule is O=C(NC[C@H](O)C(=O)O)c1ccc(Br)c(F)c1. The Morgan fingerprint density at radius 1 is 1.47 bits per heavy atom. The summed E-state index contributed by atoms with van der Waals surface area (Å²) < 4.78 is 13.3. The van der Waals surface area contributed by atoms with Gasteiger partial charge in [0, 0.05) is 5.56 Å². The summed E-state index contributed by atoms with van der Waals surface area (Å²) in [6.07, 6.45) is -1.68. The van der Waals surface area contributed by atoms with Crippen LogP contribution in [0.1, 0.15) is 10.4 Å². The number of hydrogen-bond acceptors (Lipinski definition) is 3. The second kappa shape index (κ2) is 5.74. The first-order chi connectivity index (χ1) is 7.91. The highest BCUT2D eigenvalue weighted by atomic mass is 79.9. The topological polar surface area (TPSA) is 86.6 Å². The number of aliphatic hydroxyl groups is 1. The van der Waals surface area contributed by atoms with Gasteiger partial charge in [0.05, 0.1) is 11.0 Å². The van der Waals surface area contributed by atoms with Gasteiger partial charge >= 0.3 is 5.97 Å². The predicted octanol–water partition coefficient (Wildman–Crippen LogP) is 0.763. The summed E-state index contributed by atoms with van der Waals surface area (Å²) in [6, 6.07) is 3.74. The minimum Gasteiger partial charge on any atom is -0.479 e. The predicted molar refractivity (Wildman–Crippen MR) is 60.1 cm³/mol. The van der Waals surface area contributed by atoms with Gasteiger partial charge in [0.1, 0.15) is 5.82 Å². The second-order valence-electron chi connectivity index (χ2n) is 3.19. The number of carbonyl (C=O) groups excluding carboxylic acids is 1. The molecule has 0 bridgehead atoms. The molecule has 7 heteroatoms. The van der Waals surface area contributed by atoms with E-state index in [0.717, 1.165) is 6.07 Å². The number of hydrogen-bond donors (Lipinski definition) is 3. The van der Waals surface area contributed by atoms with Crippen molar-refractivity contribution in [2.24, 2.45) is 0 Å². The first-order valence-electron chi connectivity index (χ1n) is 4.56. The largest absolute Gasteiger partial charge is 0.479 e. The van der Waals surface area contributed by atoms with Crippen LogP contribution in [-0.4, -0.2) is 34.7 Å². The number of halogens is 2. The van der Waals surface area contributed by atoms with Gasteiger partial charge in [-0.05, 0) is 34.1 Å². The molecule has 0 unspecified atom stereocenters. The van der Waals surface area contributed by atoms with E-state index in [1.165, 1.54) is 12.1 Å². The number of carbonyl (C=O) groups is 2. The molecule has 1 aromatic rings. The van der Waals surface area contributed by atoms with Gasteiger partial charge in [-0.2, -0.15) is 0 Å². The van der Waals surface area contributed by atoms with Crippen LogP contribution < -0.4 is 5.32 Å². The molecule has 0 aromatic heterocycles. The zero-order chi connectivity index (χ0) is 13.0. The molecule has 1 rings (SSSR count). The quantitative estimate of drug-likeness (QED) is 0.766. The van der Waals surface area contributed by atoms with Crippen LogP contribution in [0.3, 0.4) is 0 Å². The van der Waals surface area contributed by atoms with Crippen molar-refractivity contribution in [3.8, 4) is 0 Å². The fourth-order valence-electron chi connectivity index (χ4n) is 1.02. The van der Waals surface area contributed by atoms with Crippen molar-refractivity contribution >= 4 is 27.8 Å². The van der Waals surface area contributed by atoms with Crippen LogP contribution in [0, 0.1) is 5.82 Å². The normalized spacial score (nSPS) is 11.9. The van der Waals surface area contributed by atoms with Gasteiger partial charge in [-0.25, -0.2) is 9.18 Å². The van der Waals surface area contributed by atoms with Crippen LogP contribution in [0.25, 0.3) is 0 Å². The smallest absolute Gasteiger partial charge is 0.334 e. The van der Waals surface area contributed by atoms with Crippen molar-refractivity contribution in [3.05, 3.63) is 34.1 Å². The van der Waals surface area contributed by atoms with E-state index >= 15 is 0 Å². The molecule has 0 aliphatic heterocycles. The van der Waals surface area contributed by atoms with E-state index < -0.39 is 30.3 Å². The molecule has 0 aliphatic carbocycles. The number of nitrogens with one attached hydrogen (secondary N) is 1. The second-order valence-corrected chi connectivity index (χ2v) is 4.05. The van der Waals surface area contributed by atoms with Gasteiger partial charge in [0.25, 0.3) is 5.91 Å². The van der Waals surface area contributed by atoms with Crippen LogP contribution in [-0.2, 0) is 4.79 Å². The van der Waals surface area contributed by atoms with E-state index in [2.05, 4.69) is 21.2 Å². The third-order valence-electron chi connectivity index (χ3n) is 1.92. The minimum atomic E-state index is -1.68. The highest BCUT2D eigenvalue weighted by molar-refractivity contribution is 9.10. The first kappa shape index (κ1) is 13.6. The average Bonchev–Trinajstić information content (AvgIpc) is 2.28.